The number of aryl methyl sites for hydroxylation is 2. The van der Waals surface area contributed by atoms with Crippen LogP contribution in [0.2, 0.25) is 0 Å². The normalized spacial score (nSPS) is 19.9. The van der Waals surface area contributed by atoms with Gasteiger partial charge in [0.25, 0.3) is 0 Å². The van der Waals surface area contributed by atoms with Gasteiger partial charge in [-0.15, -0.1) is 0 Å². The Morgan fingerprint density at radius 2 is 1.16 bits per heavy atom. The zero-order chi connectivity index (χ0) is 38.9. The molecule has 4 unspecified atom stereocenters. The Hall–Kier alpha value is -6.12. The fourth-order valence-electron chi connectivity index (χ4n) is 10.5. The van der Waals surface area contributed by atoms with Crippen LogP contribution in [0.25, 0.3) is 54.9 Å². The third-order valence-electron chi connectivity index (χ3n) is 13.3. The summed E-state index contributed by atoms with van der Waals surface area (Å²) < 4.78 is 4.98. The van der Waals surface area contributed by atoms with Crippen LogP contribution in [-0.2, 0) is 6.42 Å². The molecule has 0 amide bonds. The van der Waals surface area contributed by atoms with Crippen molar-refractivity contribution < 1.29 is 0 Å². The summed E-state index contributed by atoms with van der Waals surface area (Å²) in [6.45, 7) is 14.1. The van der Waals surface area contributed by atoms with E-state index in [1.807, 2.05) is 0 Å². The van der Waals surface area contributed by atoms with Crippen molar-refractivity contribution in [2.45, 2.75) is 59.9 Å². The van der Waals surface area contributed by atoms with Crippen LogP contribution in [0.4, 0.5) is 0 Å². The number of fused-ring (bicyclic) bond motifs is 6. The van der Waals surface area contributed by atoms with Crippen molar-refractivity contribution >= 4 is 49.2 Å². The fraction of sp³-hybridized carbons (Fsp3) is 0.200. The summed E-state index contributed by atoms with van der Waals surface area (Å²) in [5.41, 5.74) is 18.9. The lowest BCUT2D eigenvalue weighted by Gasteiger charge is -2.31. The molecule has 4 atom stereocenters. The number of aromatic nitrogens is 2. The maximum Gasteiger partial charge on any atom is 0.0588 e. The Morgan fingerprint density at radius 1 is 0.579 bits per heavy atom. The zero-order valence-corrected chi connectivity index (χ0v) is 33.9. The molecule has 0 spiro atoms. The Kier molecular flexibility index (Phi) is 8.56. The SMILES string of the molecule is CC1=CC(Cc2ccc(C3=C(C)C(C)C(n4c5ccccc5c5ccccc54)C=C3)c(C)c2)=CC(C)C1c1ccc(-n2c3ccccc3c3ccccc32)cc1C. The number of para-hydroxylation sites is 4. The number of allylic oxidation sites excluding steroid dienone is 8. The molecule has 8 aromatic rings. The number of nitrogens with zero attached hydrogens (tertiary/aromatic N) is 2. The van der Waals surface area contributed by atoms with Gasteiger partial charge in [-0.05, 0) is 115 Å². The van der Waals surface area contributed by atoms with Gasteiger partial charge in [-0.2, -0.15) is 0 Å². The van der Waals surface area contributed by atoms with Crippen LogP contribution in [0.3, 0.4) is 0 Å². The molecule has 280 valence electrons. The van der Waals surface area contributed by atoms with Crippen molar-refractivity contribution in [1.82, 2.24) is 9.13 Å². The lowest BCUT2D eigenvalue weighted by Crippen LogP contribution is -2.19. The Labute approximate surface area is 336 Å². The van der Waals surface area contributed by atoms with Gasteiger partial charge in [0.1, 0.15) is 0 Å². The highest BCUT2D eigenvalue weighted by Gasteiger charge is 2.28. The number of hydrogen-bond acceptors (Lipinski definition) is 0. The van der Waals surface area contributed by atoms with E-state index in [1.165, 1.54) is 99.4 Å². The molecule has 2 aliphatic rings. The first-order valence-electron chi connectivity index (χ1n) is 20.7. The molecule has 2 aliphatic carbocycles. The van der Waals surface area contributed by atoms with Gasteiger partial charge in [0.15, 0.2) is 0 Å². The van der Waals surface area contributed by atoms with Crippen molar-refractivity contribution in [2.24, 2.45) is 11.8 Å². The quantitative estimate of drug-likeness (QED) is 0.161. The second-order valence-corrected chi connectivity index (χ2v) is 16.8. The van der Waals surface area contributed by atoms with E-state index in [9.17, 15) is 0 Å². The first-order chi connectivity index (χ1) is 27.8. The molecule has 6 aromatic carbocycles. The van der Waals surface area contributed by atoms with E-state index in [0.717, 1.165) is 6.42 Å². The average Bonchev–Trinajstić information content (AvgIpc) is 3.73. The summed E-state index contributed by atoms with van der Waals surface area (Å²) in [6.07, 6.45) is 10.8. The molecular weight excluding hydrogens is 689 g/mol. The van der Waals surface area contributed by atoms with E-state index in [1.54, 1.807) is 0 Å². The van der Waals surface area contributed by atoms with Gasteiger partial charge in [-0.25, -0.2) is 0 Å². The van der Waals surface area contributed by atoms with E-state index in [4.69, 9.17) is 0 Å². The fourth-order valence-corrected chi connectivity index (χ4v) is 10.5. The Bertz CT molecular complexity index is 2920. The summed E-state index contributed by atoms with van der Waals surface area (Å²) in [5.74, 6) is 1.14. The molecule has 10 rings (SSSR count). The molecule has 2 nitrogen and oxygen atoms in total. The van der Waals surface area contributed by atoms with Crippen molar-refractivity contribution in [2.75, 3.05) is 0 Å². The Balaban J connectivity index is 0.887. The van der Waals surface area contributed by atoms with Crippen molar-refractivity contribution in [3.63, 3.8) is 0 Å². The van der Waals surface area contributed by atoms with Crippen molar-refractivity contribution in [1.29, 1.82) is 0 Å². The minimum Gasteiger partial charge on any atom is -0.333 e. The molecule has 0 aliphatic heterocycles. The number of hydrogen-bond donors (Lipinski definition) is 0. The molecule has 0 bridgehead atoms. The van der Waals surface area contributed by atoms with Crippen molar-refractivity contribution in [3.05, 3.63) is 202 Å². The summed E-state index contributed by atoms with van der Waals surface area (Å²) in [7, 11) is 0. The van der Waals surface area contributed by atoms with Gasteiger partial charge in [-0.1, -0.05) is 146 Å². The smallest absolute Gasteiger partial charge is 0.0588 e. The number of rotatable bonds is 6. The first-order valence-corrected chi connectivity index (χ1v) is 20.7. The molecular formula is C55H50N2. The predicted octanol–water partition coefficient (Wildman–Crippen LogP) is 14.6. The largest absolute Gasteiger partial charge is 0.333 e. The molecule has 57 heavy (non-hydrogen) atoms. The molecule has 0 saturated carbocycles. The molecule has 0 saturated heterocycles. The summed E-state index contributed by atoms with van der Waals surface area (Å²) in [5, 5.41) is 5.26. The van der Waals surface area contributed by atoms with Crippen LogP contribution in [0.5, 0.6) is 0 Å². The molecule has 2 heteroatoms. The van der Waals surface area contributed by atoms with E-state index >= 15 is 0 Å². The van der Waals surface area contributed by atoms with Crippen LogP contribution in [-0.4, -0.2) is 9.13 Å². The summed E-state index contributed by atoms with van der Waals surface area (Å²) in [4.78, 5) is 0. The van der Waals surface area contributed by atoms with Crippen molar-refractivity contribution in [3.8, 4) is 5.69 Å². The second kappa shape index (κ2) is 13.8. The van der Waals surface area contributed by atoms with E-state index in [-0.39, 0.29) is 6.04 Å². The van der Waals surface area contributed by atoms with Crippen LogP contribution < -0.4 is 0 Å². The third-order valence-corrected chi connectivity index (χ3v) is 13.3. The highest BCUT2D eigenvalue weighted by Crippen LogP contribution is 2.44. The maximum atomic E-state index is 2.56. The number of benzene rings is 6. The van der Waals surface area contributed by atoms with Gasteiger partial charge < -0.3 is 9.13 Å². The van der Waals surface area contributed by atoms with E-state index < -0.39 is 0 Å². The average molecular weight is 739 g/mol. The van der Waals surface area contributed by atoms with Crippen LogP contribution in [0.1, 0.15) is 67.5 Å². The summed E-state index contributed by atoms with van der Waals surface area (Å²) >= 11 is 0. The topological polar surface area (TPSA) is 9.86 Å². The zero-order valence-electron chi connectivity index (χ0n) is 33.9. The van der Waals surface area contributed by atoms with Gasteiger partial charge in [0.05, 0.1) is 17.1 Å². The molecule has 0 radical (unpaired) electrons. The van der Waals surface area contributed by atoms with Crippen LogP contribution in [0.15, 0.2) is 174 Å². The van der Waals surface area contributed by atoms with Gasteiger partial charge in [0, 0.05) is 50.1 Å². The lowest BCUT2D eigenvalue weighted by atomic mass is 9.75. The van der Waals surface area contributed by atoms with Gasteiger partial charge in [0.2, 0.25) is 0 Å². The minimum absolute atomic E-state index is 0.263. The van der Waals surface area contributed by atoms with Gasteiger partial charge >= 0.3 is 0 Å². The monoisotopic (exact) mass is 738 g/mol. The summed E-state index contributed by atoms with van der Waals surface area (Å²) in [6, 6.07) is 49.8. The van der Waals surface area contributed by atoms with E-state index in [0.29, 0.717) is 17.8 Å². The molecule has 2 aromatic heterocycles. The molecule has 0 N–H and O–H groups in total. The standard InChI is InChI=1S/C55H50N2/c1-34-29-40(23-25-43(34)45-27-28-50(39(6)38(45)5)57-53-21-13-9-17-48(53)49-18-10-14-22-54(49)57)33-41-30-36(3)55(37(4)31-41)44-26-24-42(32-35(44)2)56-51-19-11-7-15-46(51)47-16-8-12-20-52(47)56/h7-32,36,39,50,55H,33H2,1-6H3. The third kappa shape index (κ3) is 5.76. The van der Waals surface area contributed by atoms with Crippen LogP contribution >= 0.6 is 0 Å². The first kappa shape index (κ1) is 35.3. The lowest BCUT2D eigenvalue weighted by molar-refractivity contribution is 0.489. The van der Waals surface area contributed by atoms with E-state index in [2.05, 4.69) is 208 Å². The molecule has 2 heterocycles. The highest BCUT2D eigenvalue weighted by molar-refractivity contribution is 6.09. The minimum atomic E-state index is 0.263. The Morgan fingerprint density at radius 3 is 1.74 bits per heavy atom. The predicted molar refractivity (Wildman–Crippen MR) is 244 cm³/mol. The maximum absolute atomic E-state index is 2.56. The van der Waals surface area contributed by atoms with Gasteiger partial charge in [-0.3, -0.25) is 0 Å². The second-order valence-electron chi connectivity index (χ2n) is 16.8. The molecule has 0 fully saturated rings. The highest BCUT2D eigenvalue weighted by atomic mass is 15.0. The van der Waals surface area contributed by atoms with Crippen LogP contribution in [0, 0.1) is 25.7 Å².